The number of nitrogens with one attached hydrogen (secondary N) is 1. The fraction of sp³-hybridized carbons (Fsp3) is 0.250. The first-order chi connectivity index (χ1) is 11.7. The minimum atomic E-state index is -0.116. The summed E-state index contributed by atoms with van der Waals surface area (Å²) in [5.74, 6) is 1.52. The number of aryl methyl sites for hydroxylation is 1. The molecule has 4 nitrogen and oxygen atoms in total. The van der Waals surface area contributed by atoms with Gasteiger partial charge in [-0.1, -0.05) is 30.3 Å². The van der Waals surface area contributed by atoms with Gasteiger partial charge in [0.05, 0.1) is 6.26 Å². The van der Waals surface area contributed by atoms with Crippen LogP contribution in [0, 0.1) is 0 Å². The van der Waals surface area contributed by atoms with Crippen LogP contribution in [0.5, 0.6) is 5.75 Å². The van der Waals surface area contributed by atoms with Crippen molar-refractivity contribution < 1.29 is 13.9 Å². The van der Waals surface area contributed by atoms with Gasteiger partial charge in [0, 0.05) is 12.5 Å². The maximum atomic E-state index is 12.0. The molecule has 0 aliphatic heterocycles. The number of hydrogen-bond donors (Lipinski definition) is 1. The topological polar surface area (TPSA) is 51.5 Å². The molecule has 4 heteroatoms. The van der Waals surface area contributed by atoms with Crippen molar-refractivity contribution in [3.05, 3.63) is 66.6 Å². The molecule has 24 heavy (non-hydrogen) atoms. The van der Waals surface area contributed by atoms with Crippen molar-refractivity contribution in [2.24, 2.45) is 0 Å². The predicted octanol–water partition coefficient (Wildman–Crippen LogP) is 3.95. The van der Waals surface area contributed by atoms with Crippen molar-refractivity contribution in [1.82, 2.24) is 5.32 Å². The van der Waals surface area contributed by atoms with E-state index in [1.807, 2.05) is 61.5 Å². The van der Waals surface area contributed by atoms with Crippen LogP contribution >= 0.6 is 0 Å². The van der Waals surface area contributed by atoms with Crippen LogP contribution in [0.1, 0.15) is 19.1 Å². The lowest BCUT2D eigenvalue weighted by atomic mass is 10.1. The second-order valence-corrected chi connectivity index (χ2v) is 5.88. The van der Waals surface area contributed by atoms with Gasteiger partial charge in [-0.15, -0.1) is 0 Å². The van der Waals surface area contributed by atoms with Crippen LogP contribution in [0.2, 0.25) is 0 Å². The van der Waals surface area contributed by atoms with Crippen molar-refractivity contribution in [2.75, 3.05) is 6.61 Å². The molecule has 3 rings (SSSR count). The number of fused-ring (bicyclic) bond motifs is 1. The van der Waals surface area contributed by atoms with Crippen LogP contribution in [0.25, 0.3) is 10.8 Å². The Morgan fingerprint density at radius 3 is 2.75 bits per heavy atom. The van der Waals surface area contributed by atoms with Crippen LogP contribution < -0.4 is 10.1 Å². The largest absolute Gasteiger partial charge is 0.484 e. The molecule has 0 saturated heterocycles. The van der Waals surface area contributed by atoms with Gasteiger partial charge in [-0.3, -0.25) is 4.79 Å². The molecule has 1 atom stereocenters. The lowest BCUT2D eigenvalue weighted by Gasteiger charge is -2.14. The van der Waals surface area contributed by atoms with E-state index >= 15 is 0 Å². The molecule has 0 saturated carbocycles. The monoisotopic (exact) mass is 323 g/mol. The lowest BCUT2D eigenvalue weighted by molar-refractivity contribution is -0.123. The van der Waals surface area contributed by atoms with Crippen molar-refractivity contribution in [3.63, 3.8) is 0 Å². The van der Waals surface area contributed by atoms with Gasteiger partial charge >= 0.3 is 0 Å². The number of hydrogen-bond acceptors (Lipinski definition) is 3. The van der Waals surface area contributed by atoms with E-state index in [9.17, 15) is 4.79 Å². The highest BCUT2D eigenvalue weighted by atomic mass is 16.5. The maximum Gasteiger partial charge on any atom is 0.258 e. The fourth-order valence-electron chi connectivity index (χ4n) is 2.61. The van der Waals surface area contributed by atoms with Crippen molar-refractivity contribution in [2.45, 2.75) is 25.8 Å². The zero-order chi connectivity index (χ0) is 16.8. The lowest BCUT2D eigenvalue weighted by Crippen LogP contribution is -2.36. The molecule has 0 aliphatic carbocycles. The molecule has 3 aromatic rings. The molecule has 0 unspecified atom stereocenters. The molecule has 0 bridgehead atoms. The molecule has 0 spiro atoms. The van der Waals surface area contributed by atoms with E-state index in [0.29, 0.717) is 5.75 Å². The summed E-state index contributed by atoms with van der Waals surface area (Å²) in [5, 5.41) is 5.20. The highest BCUT2D eigenvalue weighted by Gasteiger charge is 2.09. The third-order valence-corrected chi connectivity index (χ3v) is 3.90. The first-order valence-corrected chi connectivity index (χ1v) is 8.14. The molecule has 1 amide bonds. The second-order valence-electron chi connectivity index (χ2n) is 5.88. The Hall–Kier alpha value is -2.75. The van der Waals surface area contributed by atoms with Gasteiger partial charge in [0.2, 0.25) is 0 Å². The summed E-state index contributed by atoms with van der Waals surface area (Å²) in [6.07, 6.45) is 3.30. The number of furan rings is 1. The minimum Gasteiger partial charge on any atom is -0.484 e. The number of carbonyl (C=O) groups excluding carboxylic acids is 1. The second kappa shape index (κ2) is 7.68. The number of benzene rings is 2. The van der Waals surface area contributed by atoms with Gasteiger partial charge in [0.1, 0.15) is 11.5 Å². The van der Waals surface area contributed by atoms with Crippen molar-refractivity contribution in [1.29, 1.82) is 0 Å². The highest BCUT2D eigenvalue weighted by Crippen LogP contribution is 2.20. The molecule has 1 aromatic heterocycles. The number of rotatable bonds is 7. The Kier molecular flexibility index (Phi) is 5.16. The Labute approximate surface area is 141 Å². The molecular formula is C20H21NO3. The van der Waals surface area contributed by atoms with E-state index in [-0.39, 0.29) is 18.6 Å². The number of amides is 1. The van der Waals surface area contributed by atoms with Crippen molar-refractivity contribution in [3.8, 4) is 5.75 Å². The third-order valence-electron chi connectivity index (χ3n) is 3.90. The average Bonchev–Trinajstić information content (AvgIpc) is 3.11. The van der Waals surface area contributed by atoms with Crippen LogP contribution in [-0.4, -0.2) is 18.6 Å². The smallest absolute Gasteiger partial charge is 0.258 e. The van der Waals surface area contributed by atoms with E-state index in [4.69, 9.17) is 9.15 Å². The average molecular weight is 323 g/mol. The Morgan fingerprint density at radius 2 is 1.96 bits per heavy atom. The van der Waals surface area contributed by atoms with Gasteiger partial charge in [-0.25, -0.2) is 0 Å². The zero-order valence-electron chi connectivity index (χ0n) is 13.7. The molecule has 124 valence electrons. The van der Waals surface area contributed by atoms with Crippen LogP contribution in [0.3, 0.4) is 0 Å². The Balaban J connectivity index is 1.45. The quantitative estimate of drug-likeness (QED) is 0.716. The van der Waals surface area contributed by atoms with Gasteiger partial charge in [-0.05, 0) is 48.4 Å². The molecule has 2 aromatic carbocycles. The van der Waals surface area contributed by atoms with E-state index in [2.05, 4.69) is 5.32 Å². The summed E-state index contributed by atoms with van der Waals surface area (Å²) in [5.41, 5.74) is 0. The first-order valence-electron chi connectivity index (χ1n) is 8.14. The molecule has 0 radical (unpaired) electrons. The molecule has 1 heterocycles. The van der Waals surface area contributed by atoms with Crippen LogP contribution in [-0.2, 0) is 11.2 Å². The standard InChI is InChI=1S/C20H21NO3/c1-15(8-10-18-7-4-12-23-18)21-20(22)14-24-19-11-9-16-5-2-3-6-17(16)13-19/h2-7,9,11-13,15H,8,10,14H2,1H3,(H,21,22)/t15-/m0/s1. The number of ether oxygens (including phenoxy) is 1. The van der Waals surface area contributed by atoms with Crippen LogP contribution in [0.15, 0.2) is 65.3 Å². The van der Waals surface area contributed by atoms with Gasteiger partial charge in [0.25, 0.3) is 5.91 Å². The summed E-state index contributed by atoms with van der Waals surface area (Å²) in [6, 6.07) is 17.8. The van der Waals surface area contributed by atoms with E-state index < -0.39 is 0 Å². The molecule has 0 aliphatic rings. The predicted molar refractivity (Wildman–Crippen MR) is 94.1 cm³/mol. The molecular weight excluding hydrogens is 302 g/mol. The normalized spacial score (nSPS) is 12.0. The Morgan fingerprint density at radius 1 is 1.12 bits per heavy atom. The summed E-state index contributed by atoms with van der Waals surface area (Å²) in [7, 11) is 0. The summed E-state index contributed by atoms with van der Waals surface area (Å²) < 4.78 is 10.9. The summed E-state index contributed by atoms with van der Waals surface area (Å²) >= 11 is 0. The highest BCUT2D eigenvalue weighted by molar-refractivity contribution is 5.84. The first kappa shape index (κ1) is 16.1. The van der Waals surface area contributed by atoms with Gasteiger partial charge < -0.3 is 14.5 Å². The van der Waals surface area contributed by atoms with Gasteiger partial charge in [0.15, 0.2) is 6.61 Å². The number of carbonyl (C=O) groups is 1. The maximum absolute atomic E-state index is 12.0. The van der Waals surface area contributed by atoms with E-state index in [1.165, 1.54) is 0 Å². The molecule has 1 N–H and O–H groups in total. The summed E-state index contributed by atoms with van der Waals surface area (Å²) in [4.78, 5) is 12.0. The SMILES string of the molecule is C[C@@H](CCc1ccco1)NC(=O)COc1ccc2ccccc2c1. The fourth-order valence-corrected chi connectivity index (χ4v) is 2.61. The van der Waals surface area contributed by atoms with Gasteiger partial charge in [-0.2, -0.15) is 0 Å². The third kappa shape index (κ3) is 4.38. The van der Waals surface area contributed by atoms with Crippen molar-refractivity contribution >= 4 is 16.7 Å². The summed E-state index contributed by atoms with van der Waals surface area (Å²) in [6.45, 7) is 2.00. The minimum absolute atomic E-state index is 0.0173. The molecule has 0 fully saturated rings. The van der Waals surface area contributed by atoms with Crippen LogP contribution in [0.4, 0.5) is 0 Å². The van der Waals surface area contributed by atoms with E-state index in [0.717, 1.165) is 29.4 Å². The Bertz CT molecular complexity index is 796. The zero-order valence-corrected chi connectivity index (χ0v) is 13.7. The van der Waals surface area contributed by atoms with E-state index in [1.54, 1.807) is 6.26 Å².